The van der Waals surface area contributed by atoms with Crippen molar-refractivity contribution < 1.29 is 18.8 Å². The van der Waals surface area contributed by atoms with Gasteiger partial charge in [0.15, 0.2) is 0 Å². The van der Waals surface area contributed by atoms with Crippen molar-refractivity contribution in [2.24, 2.45) is 0 Å². The number of nitrogens with zero attached hydrogens (tertiary/aromatic N) is 1. The van der Waals surface area contributed by atoms with Gasteiger partial charge >= 0.3 is 5.97 Å². The van der Waals surface area contributed by atoms with Crippen molar-refractivity contribution in [2.45, 2.75) is 0 Å². The van der Waals surface area contributed by atoms with Crippen molar-refractivity contribution in [3.8, 4) is 0 Å². The first kappa shape index (κ1) is 14.0. The molecular formula is C15H9BFNO4. The number of rotatable bonds is 2. The van der Waals surface area contributed by atoms with Crippen molar-refractivity contribution in [3.05, 3.63) is 69.0 Å². The van der Waals surface area contributed by atoms with Crippen LogP contribution in [0, 0.1) is 15.9 Å². The van der Waals surface area contributed by atoms with Gasteiger partial charge in [0.2, 0.25) is 0 Å². The molecule has 0 amide bonds. The fourth-order valence-electron chi connectivity index (χ4n) is 2.33. The van der Waals surface area contributed by atoms with Gasteiger partial charge in [0.25, 0.3) is 5.69 Å². The zero-order valence-electron chi connectivity index (χ0n) is 11.5. The number of cyclic esters (lactones) is 1. The number of ether oxygens (including phenoxy) is 1. The second-order valence-corrected chi connectivity index (χ2v) is 4.86. The van der Waals surface area contributed by atoms with E-state index in [1.54, 1.807) is 32.1 Å². The number of benzene rings is 2. The molecule has 0 saturated heterocycles. The molecule has 5 nitrogen and oxygen atoms in total. The Morgan fingerprint density at radius 2 is 2.05 bits per heavy atom. The maximum absolute atomic E-state index is 13.3. The molecule has 1 aliphatic rings. The highest BCUT2D eigenvalue weighted by Gasteiger charge is 2.34. The van der Waals surface area contributed by atoms with Crippen molar-refractivity contribution in [1.29, 1.82) is 0 Å². The Bertz CT molecular complexity index is 847. The molecule has 0 fully saturated rings. The van der Waals surface area contributed by atoms with Gasteiger partial charge in [-0.2, -0.15) is 0 Å². The van der Waals surface area contributed by atoms with Crippen LogP contribution in [0.25, 0.3) is 11.8 Å². The molecule has 0 N–H and O–H groups in total. The highest BCUT2D eigenvalue weighted by Crippen LogP contribution is 2.36. The molecule has 1 heterocycles. The molecule has 0 aromatic heterocycles. The summed E-state index contributed by atoms with van der Waals surface area (Å²) in [6.07, 6.45) is 1.56. The Balaban J connectivity index is 2.11. The van der Waals surface area contributed by atoms with E-state index in [-0.39, 0.29) is 22.8 Å². The lowest BCUT2D eigenvalue weighted by Gasteiger charge is -2.01. The molecule has 0 saturated carbocycles. The van der Waals surface area contributed by atoms with E-state index in [1.807, 2.05) is 0 Å². The lowest BCUT2D eigenvalue weighted by Crippen LogP contribution is -2.07. The number of hydrogen-bond acceptors (Lipinski definition) is 4. The Labute approximate surface area is 125 Å². The predicted octanol–water partition coefficient (Wildman–Crippen LogP) is 1.66. The lowest BCUT2D eigenvalue weighted by atomic mass is 9.93. The minimum atomic E-state index is -0.757. The van der Waals surface area contributed by atoms with Gasteiger partial charge in [0.1, 0.15) is 25.0 Å². The third kappa shape index (κ3) is 2.26. The predicted molar refractivity (Wildman–Crippen MR) is 81.0 cm³/mol. The van der Waals surface area contributed by atoms with Crippen LogP contribution in [0.5, 0.6) is 0 Å². The molecule has 108 valence electrons. The van der Waals surface area contributed by atoms with Gasteiger partial charge in [0.05, 0.1) is 4.92 Å². The van der Waals surface area contributed by atoms with Crippen LogP contribution < -0.4 is 5.46 Å². The second-order valence-electron chi connectivity index (χ2n) is 4.86. The normalized spacial score (nSPS) is 14.8. The van der Waals surface area contributed by atoms with Crippen LogP contribution in [0.1, 0.15) is 21.5 Å². The molecule has 0 spiro atoms. The van der Waals surface area contributed by atoms with Crippen LogP contribution in [-0.2, 0) is 4.74 Å². The third-order valence-electron chi connectivity index (χ3n) is 3.39. The first-order valence-electron chi connectivity index (χ1n) is 6.45. The molecule has 2 aromatic rings. The number of hydrogen-bond donors (Lipinski definition) is 0. The summed E-state index contributed by atoms with van der Waals surface area (Å²) in [5, 5.41) is 11.0. The Morgan fingerprint density at radius 3 is 2.73 bits per heavy atom. The van der Waals surface area contributed by atoms with Crippen molar-refractivity contribution >= 4 is 36.8 Å². The molecule has 22 heavy (non-hydrogen) atoms. The number of nitro benzene ring substituents is 1. The lowest BCUT2D eigenvalue weighted by molar-refractivity contribution is -0.385. The van der Waals surface area contributed by atoms with E-state index < -0.39 is 10.9 Å². The van der Waals surface area contributed by atoms with Crippen molar-refractivity contribution in [2.75, 3.05) is 0 Å². The molecule has 1 aliphatic heterocycles. The van der Waals surface area contributed by atoms with Gasteiger partial charge in [0, 0.05) is 11.6 Å². The van der Waals surface area contributed by atoms with Crippen LogP contribution in [0.15, 0.2) is 36.4 Å². The monoisotopic (exact) mass is 297 g/mol. The van der Waals surface area contributed by atoms with E-state index in [2.05, 4.69) is 0 Å². The zero-order chi connectivity index (χ0) is 15.9. The standard InChI is InChI=1S/C15H9BFNO4/c16-10-6-8(4-5-11(10)17)7-13-9-2-1-3-12(18(20)21)14(9)15(19)22-13/h1-7H,16H2/b13-7-. The summed E-state index contributed by atoms with van der Waals surface area (Å²) in [7, 11) is 1.62. The molecule has 0 atom stereocenters. The SMILES string of the molecule is Bc1cc(/C=C2\OC(=O)c3c2cccc3[N+](=O)[O-])ccc1F. The smallest absolute Gasteiger partial charge is 0.351 e. The number of carbonyl (C=O) groups is 1. The van der Waals surface area contributed by atoms with E-state index in [1.165, 1.54) is 18.2 Å². The number of nitro groups is 1. The third-order valence-corrected chi connectivity index (χ3v) is 3.39. The summed E-state index contributed by atoms with van der Waals surface area (Å²) in [5.74, 6) is -0.872. The summed E-state index contributed by atoms with van der Waals surface area (Å²) in [6.45, 7) is 0. The molecule has 0 aliphatic carbocycles. The molecule has 3 rings (SSSR count). The van der Waals surface area contributed by atoms with Gasteiger partial charge in [-0.25, -0.2) is 9.18 Å². The van der Waals surface area contributed by atoms with E-state index in [0.717, 1.165) is 0 Å². The quantitative estimate of drug-likeness (QED) is 0.366. The van der Waals surface area contributed by atoms with E-state index in [4.69, 9.17) is 4.74 Å². The van der Waals surface area contributed by atoms with Gasteiger partial charge in [-0.15, -0.1) is 0 Å². The van der Waals surface area contributed by atoms with Gasteiger partial charge in [-0.1, -0.05) is 23.7 Å². The fraction of sp³-hybridized carbons (Fsp3) is 0. The highest BCUT2D eigenvalue weighted by atomic mass is 19.1. The fourth-order valence-corrected chi connectivity index (χ4v) is 2.33. The molecule has 0 radical (unpaired) electrons. The number of halogens is 1. The summed E-state index contributed by atoms with van der Waals surface area (Å²) < 4.78 is 18.4. The maximum atomic E-state index is 13.3. The number of carbonyl (C=O) groups excluding carboxylic acids is 1. The second kappa shape index (κ2) is 5.11. The zero-order valence-corrected chi connectivity index (χ0v) is 11.5. The van der Waals surface area contributed by atoms with Crippen LogP contribution in [-0.4, -0.2) is 18.7 Å². The van der Waals surface area contributed by atoms with Gasteiger partial charge in [-0.3, -0.25) is 10.1 Å². The van der Waals surface area contributed by atoms with Crippen molar-refractivity contribution in [1.82, 2.24) is 0 Å². The van der Waals surface area contributed by atoms with Crippen LogP contribution in [0.2, 0.25) is 0 Å². The molecule has 0 unspecified atom stereocenters. The first-order valence-corrected chi connectivity index (χ1v) is 6.45. The van der Waals surface area contributed by atoms with E-state index >= 15 is 0 Å². The molecule has 2 aromatic carbocycles. The topological polar surface area (TPSA) is 69.4 Å². The summed E-state index contributed by atoms with van der Waals surface area (Å²) in [5.41, 5.74) is 1.11. The van der Waals surface area contributed by atoms with Crippen molar-refractivity contribution in [3.63, 3.8) is 0 Å². The summed E-state index contributed by atoms with van der Waals surface area (Å²) in [6, 6.07) is 8.78. The Kier molecular flexibility index (Phi) is 3.25. The minimum Gasteiger partial charge on any atom is -0.422 e. The molecule has 0 bridgehead atoms. The Hall–Kier alpha value is -2.96. The number of esters is 1. The minimum absolute atomic E-state index is 0.0578. The van der Waals surface area contributed by atoms with E-state index in [9.17, 15) is 19.3 Å². The summed E-state index contributed by atoms with van der Waals surface area (Å²) in [4.78, 5) is 22.3. The largest absolute Gasteiger partial charge is 0.422 e. The van der Waals surface area contributed by atoms with Gasteiger partial charge in [-0.05, 0) is 23.8 Å². The van der Waals surface area contributed by atoms with E-state index in [0.29, 0.717) is 16.6 Å². The van der Waals surface area contributed by atoms with Crippen LogP contribution >= 0.6 is 0 Å². The van der Waals surface area contributed by atoms with Crippen LogP contribution in [0.3, 0.4) is 0 Å². The first-order chi connectivity index (χ1) is 10.5. The average molecular weight is 297 g/mol. The Morgan fingerprint density at radius 1 is 1.27 bits per heavy atom. The molecular weight excluding hydrogens is 288 g/mol. The summed E-state index contributed by atoms with van der Waals surface area (Å²) >= 11 is 0. The number of fused-ring (bicyclic) bond motifs is 1. The molecule has 7 heteroatoms. The average Bonchev–Trinajstić information content (AvgIpc) is 2.79. The maximum Gasteiger partial charge on any atom is 0.351 e. The van der Waals surface area contributed by atoms with Crippen LogP contribution in [0.4, 0.5) is 10.1 Å². The van der Waals surface area contributed by atoms with Gasteiger partial charge < -0.3 is 4.74 Å². The highest BCUT2D eigenvalue weighted by molar-refractivity contribution is 6.32.